The van der Waals surface area contributed by atoms with Crippen LogP contribution < -0.4 is 10.2 Å². The van der Waals surface area contributed by atoms with E-state index >= 15 is 0 Å². The van der Waals surface area contributed by atoms with Crippen LogP contribution in [0.3, 0.4) is 0 Å². The molecule has 1 N–H and O–H groups in total. The lowest BCUT2D eigenvalue weighted by Crippen LogP contribution is -2.46. The van der Waals surface area contributed by atoms with E-state index in [1.165, 1.54) is 0 Å². The maximum atomic E-state index is 13.3. The minimum atomic E-state index is -4.72. The Bertz CT molecular complexity index is 1250. The van der Waals surface area contributed by atoms with Gasteiger partial charge in [-0.15, -0.1) is 0 Å². The highest BCUT2D eigenvalue weighted by molar-refractivity contribution is 6.28. The van der Waals surface area contributed by atoms with Crippen LogP contribution in [0.2, 0.25) is 5.28 Å². The number of aromatic nitrogens is 2. The topological polar surface area (TPSA) is 87.4 Å². The minimum absolute atomic E-state index is 0.0217. The lowest BCUT2D eigenvalue weighted by Gasteiger charge is -2.35. The maximum Gasteiger partial charge on any atom is 0.416 e. The summed E-state index contributed by atoms with van der Waals surface area (Å²) in [7, 11) is 0. The normalized spacial score (nSPS) is 15.9. The van der Waals surface area contributed by atoms with Crippen LogP contribution in [-0.2, 0) is 6.18 Å². The van der Waals surface area contributed by atoms with Gasteiger partial charge in [0, 0.05) is 49.4 Å². The molecule has 1 atom stereocenters. The Balaban J connectivity index is 1.68. The van der Waals surface area contributed by atoms with Crippen LogP contribution in [-0.4, -0.2) is 52.5 Å². The van der Waals surface area contributed by atoms with Crippen molar-refractivity contribution in [1.82, 2.24) is 14.9 Å². The molecule has 3 aromatic rings. The summed E-state index contributed by atoms with van der Waals surface area (Å²) in [6.45, 7) is 8.35. The number of benzene rings is 2. The van der Waals surface area contributed by atoms with Crippen molar-refractivity contribution < 1.29 is 18.1 Å². The number of non-ortho nitro benzene ring substituents is 1. The third-order valence-corrected chi connectivity index (χ3v) is 6.34. The highest BCUT2D eigenvalue weighted by Gasteiger charge is 2.33. The van der Waals surface area contributed by atoms with Crippen molar-refractivity contribution in [2.45, 2.75) is 26.1 Å². The number of hydrogen-bond donors (Lipinski definition) is 1. The van der Waals surface area contributed by atoms with Crippen LogP contribution in [0.1, 0.15) is 31.0 Å². The summed E-state index contributed by atoms with van der Waals surface area (Å²) in [4.78, 5) is 23.5. The zero-order chi connectivity index (χ0) is 25.3. The van der Waals surface area contributed by atoms with E-state index in [1.807, 2.05) is 18.2 Å². The third kappa shape index (κ3) is 5.57. The molecule has 1 aliphatic heterocycles. The van der Waals surface area contributed by atoms with Crippen LogP contribution in [0.15, 0.2) is 36.4 Å². The Kier molecular flexibility index (Phi) is 7.00. The Morgan fingerprint density at radius 2 is 1.86 bits per heavy atom. The number of likely N-dealkylation sites (N-methyl/N-ethyl adjacent to an activating group) is 1. The molecule has 12 heteroatoms. The molecule has 2 heterocycles. The number of alkyl halides is 3. The molecule has 1 aromatic heterocycles. The molecule has 0 aliphatic carbocycles. The number of anilines is 2. The number of nitrogens with one attached hydrogen (secondary N) is 1. The molecule has 186 valence electrons. The van der Waals surface area contributed by atoms with Crippen molar-refractivity contribution in [1.29, 1.82) is 0 Å². The molecule has 4 rings (SSSR count). The van der Waals surface area contributed by atoms with Crippen LogP contribution in [0.25, 0.3) is 10.9 Å². The van der Waals surface area contributed by atoms with E-state index in [1.54, 1.807) is 6.92 Å². The number of nitrogens with zero attached hydrogens (tertiary/aromatic N) is 5. The zero-order valence-corrected chi connectivity index (χ0v) is 19.9. The number of hydrogen-bond acceptors (Lipinski definition) is 7. The molecule has 1 fully saturated rings. The quantitative estimate of drug-likeness (QED) is 0.266. The molecule has 0 unspecified atom stereocenters. The van der Waals surface area contributed by atoms with Gasteiger partial charge in [0.1, 0.15) is 5.82 Å². The molecule has 0 spiro atoms. The second-order valence-electron chi connectivity index (χ2n) is 8.40. The number of nitro groups is 1. The Hall–Kier alpha value is -3.18. The van der Waals surface area contributed by atoms with E-state index in [2.05, 4.69) is 32.0 Å². The number of halogens is 4. The van der Waals surface area contributed by atoms with E-state index in [4.69, 9.17) is 11.6 Å². The van der Waals surface area contributed by atoms with Gasteiger partial charge in [0.2, 0.25) is 5.28 Å². The summed E-state index contributed by atoms with van der Waals surface area (Å²) >= 11 is 6.11. The summed E-state index contributed by atoms with van der Waals surface area (Å²) < 4.78 is 40.0. The van der Waals surface area contributed by atoms with Crippen LogP contribution in [0.5, 0.6) is 0 Å². The van der Waals surface area contributed by atoms with Gasteiger partial charge < -0.3 is 15.1 Å². The highest BCUT2D eigenvalue weighted by atomic mass is 35.5. The van der Waals surface area contributed by atoms with Crippen LogP contribution >= 0.6 is 11.6 Å². The molecule has 0 bridgehead atoms. The van der Waals surface area contributed by atoms with Crippen LogP contribution in [0.4, 0.5) is 30.4 Å². The van der Waals surface area contributed by atoms with Gasteiger partial charge in [-0.1, -0.05) is 6.92 Å². The average Bonchev–Trinajstić information content (AvgIpc) is 2.83. The molecule has 8 nitrogen and oxygen atoms in total. The van der Waals surface area contributed by atoms with Gasteiger partial charge in [0.05, 0.1) is 22.0 Å². The Morgan fingerprint density at radius 1 is 1.14 bits per heavy atom. The number of piperazine rings is 1. The van der Waals surface area contributed by atoms with Crippen molar-refractivity contribution in [3.8, 4) is 0 Å². The van der Waals surface area contributed by atoms with Gasteiger partial charge in [0.15, 0.2) is 0 Å². The second kappa shape index (κ2) is 9.82. The van der Waals surface area contributed by atoms with E-state index in [9.17, 15) is 23.3 Å². The number of rotatable bonds is 6. The maximum absolute atomic E-state index is 13.3. The summed E-state index contributed by atoms with van der Waals surface area (Å²) in [5.74, 6) is 0.335. The fraction of sp³-hybridized carbons (Fsp3) is 0.391. The lowest BCUT2D eigenvalue weighted by atomic mass is 10.0. The standard InChI is InChI=1S/C23H24ClF3N6O2/c1-3-31-6-8-32(9-7-31)17-4-5-20-19(13-17)21(30-22(24)29-20)28-14(2)15-10-16(23(25,26)27)12-18(11-15)33(34)35/h4-5,10-14H,3,6-9H2,1-2H3,(H,28,29,30)/t14-/m1/s1. The smallest absolute Gasteiger partial charge is 0.369 e. The molecule has 1 aliphatic rings. The summed E-state index contributed by atoms with van der Waals surface area (Å²) in [5.41, 5.74) is -0.0755. The largest absolute Gasteiger partial charge is 0.416 e. The highest BCUT2D eigenvalue weighted by Crippen LogP contribution is 2.35. The summed E-state index contributed by atoms with van der Waals surface area (Å²) in [6.07, 6.45) is -4.72. The van der Waals surface area contributed by atoms with Gasteiger partial charge >= 0.3 is 6.18 Å². The second-order valence-corrected chi connectivity index (χ2v) is 8.74. The fourth-order valence-electron chi connectivity index (χ4n) is 4.16. The predicted molar refractivity (Wildman–Crippen MR) is 129 cm³/mol. The molecule has 0 amide bonds. The average molecular weight is 509 g/mol. The van der Waals surface area contributed by atoms with E-state index < -0.39 is 28.4 Å². The predicted octanol–water partition coefficient (Wildman–Crippen LogP) is 5.53. The fourth-order valence-corrected chi connectivity index (χ4v) is 4.33. The first-order valence-corrected chi connectivity index (χ1v) is 11.5. The number of nitro benzene ring substituents is 1. The SMILES string of the molecule is CCN1CCN(c2ccc3nc(Cl)nc(N[C@H](C)c4cc([N+](=O)[O-])cc(C(F)(F)F)c4)c3c2)CC1. The molecule has 0 radical (unpaired) electrons. The molecule has 1 saturated heterocycles. The van der Waals surface area contributed by atoms with Crippen molar-refractivity contribution in [3.05, 3.63) is 62.9 Å². The van der Waals surface area contributed by atoms with Crippen molar-refractivity contribution in [2.24, 2.45) is 0 Å². The van der Waals surface area contributed by atoms with Crippen molar-refractivity contribution in [3.63, 3.8) is 0 Å². The van der Waals surface area contributed by atoms with E-state index in [-0.39, 0.29) is 10.8 Å². The first-order chi connectivity index (χ1) is 16.5. The zero-order valence-electron chi connectivity index (χ0n) is 19.1. The first-order valence-electron chi connectivity index (χ1n) is 11.1. The van der Waals surface area contributed by atoms with Gasteiger partial charge in [-0.05, 0) is 54.9 Å². The van der Waals surface area contributed by atoms with Crippen LogP contribution in [0, 0.1) is 10.1 Å². The van der Waals surface area contributed by atoms with Crippen molar-refractivity contribution in [2.75, 3.05) is 42.9 Å². The molecule has 2 aromatic carbocycles. The number of fused-ring (bicyclic) bond motifs is 1. The van der Waals surface area contributed by atoms with Gasteiger partial charge in [-0.3, -0.25) is 10.1 Å². The lowest BCUT2D eigenvalue weighted by molar-refractivity contribution is -0.385. The van der Waals surface area contributed by atoms with Crippen molar-refractivity contribution >= 4 is 39.7 Å². The van der Waals surface area contributed by atoms with E-state index in [0.29, 0.717) is 22.8 Å². The van der Waals surface area contributed by atoms with Gasteiger partial charge in [0.25, 0.3) is 5.69 Å². The third-order valence-electron chi connectivity index (χ3n) is 6.17. The summed E-state index contributed by atoms with van der Waals surface area (Å²) in [6, 6.07) is 7.52. The molecular weight excluding hydrogens is 485 g/mol. The Labute approximate surface area is 204 Å². The van der Waals surface area contributed by atoms with Gasteiger partial charge in [-0.2, -0.15) is 13.2 Å². The molecule has 35 heavy (non-hydrogen) atoms. The monoisotopic (exact) mass is 508 g/mol. The first kappa shape index (κ1) is 24.9. The Morgan fingerprint density at radius 3 is 2.49 bits per heavy atom. The molecule has 0 saturated carbocycles. The summed E-state index contributed by atoms with van der Waals surface area (Å²) in [5, 5.41) is 14.9. The van der Waals surface area contributed by atoms with Gasteiger partial charge in [-0.25, -0.2) is 9.97 Å². The molecular formula is C23H24ClF3N6O2. The minimum Gasteiger partial charge on any atom is -0.369 e. The van der Waals surface area contributed by atoms with E-state index in [0.717, 1.165) is 50.5 Å².